The van der Waals surface area contributed by atoms with E-state index in [0.717, 1.165) is 5.69 Å². The number of carbonyl (C=O) groups excluding carboxylic acids is 1. The Morgan fingerprint density at radius 2 is 2.04 bits per heavy atom. The Balaban J connectivity index is 1.69. The summed E-state index contributed by atoms with van der Waals surface area (Å²) in [5.41, 5.74) is 2.07. The third-order valence-corrected chi connectivity index (χ3v) is 3.52. The van der Waals surface area contributed by atoms with Crippen molar-refractivity contribution < 1.29 is 4.79 Å². The van der Waals surface area contributed by atoms with Crippen LogP contribution in [0, 0.1) is 0 Å². The summed E-state index contributed by atoms with van der Waals surface area (Å²) in [4.78, 5) is 29.2. The second-order valence-electron chi connectivity index (χ2n) is 5.28. The van der Waals surface area contributed by atoms with E-state index in [9.17, 15) is 4.79 Å². The molecule has 0 aliphatic carbocycles. The van der Waals surface area contributed by atoms with E-state index in [0.29, 0.717) is 35.9 Å². The molecule has 3 rings (SSSR count). The predicted molar refractivity (Wildman–Crippen MR) is 95.1 cm³/mol. The first-order valence-electron chi connectivity index (χ1n) is 7.91. The van der Waals surface area contributed by atoms with Crippen LogP contribution in [0.3, 0.4) is 0 Å². The largest absolute Gasteiger partial charge is 0.373 e. The van der Waals surface area contributed by atoms with Gasteiger partial charge >= 0.3 is 0 Å². The van der Waals surface area contributed by atoms with Crippen molar-refractivity contribution in [3.05, 3.63) is 66.2 Å². The van der Waals surface area contributed by atoms with Gasteiger partial charge in [-0.2, -0.15) is 0 Å². The monoisotopic (exact) mass is 334 g/mol. The molecule has 126 valence electrons. The standard InChI is InChI=1S/C18H18N6O/c1-19-16-11-14(23-17(24-16)15-6-2-3-9-21-15)7-10-22-18(25)13-5-4-8-20-12-13/h2-6,8-9,11-12H,7,10H2,1H3,(H,22,25)(H,19,23,24). The average molecular weight is 334 g/mol. The van der Waals surface area contributed by atoms with Gasteiger partial charge in [-0.25, -0.2) is 9.97 Å². The molecule has 0 saturated carbocycles. The quantitative estimate of drug-likeness (QED) is 0.716. The van der Waals surface area contributed by atoms with Gasteiger partial charge in [-0.05, 0) is 24.3 Å². The number of pyridine rings is 2. The fraction of sp³-hybridized carbons (Fsp3) is 0.167. The first kappa shape index (κ1) is 16.5. The summed E-state index contributed by atoms with van der Waals surface area (Å²) in [6.07, 6.45) is 5.47. The Labute approximate surface area is 145 Å². The van der Waals surface area contributed by atoms with Crippen molar-refractivity contribution in [2.24, 2.45) is 0 Å². The summed E-state index contributed by atoms with van der Waals surface area (Å²) in [6, 6.07) is 10.9. The van der Waals surface area contributed by atoms with Gasteiger partial charge < -0.3 is 10.6 Å². The molecule has 0 atom stereocenters. The van der Waals surface area contributed by atoms with E-state index in [-0.39, 0.29) is 5.91 Å². The summed E-state index contributed by atoms with van der Waals surface area (Å²) in [5, 5.41) is 5.90. The van der Waals surface area contributed by atoms with E-state index in [1.165, 1.54) is 6.20 Å². The highest BCUT2D eigenvalue weighted by molar-refractivity contribution is 5.93. The van der Waals surface area contributed by atoms with Crippen LogP contribution in [0.1, 0.15) is 16.1 Å². The minimum Gasteiger partial charge on any atom is -0.373 e. The van der Waals surface area contributed by atoms with Crippen LogP contribution >= 0.6 is 0 Å². The molecule has 0 fully saturated rings. The van der Waals surface area contributed by atoms with Crippen LogP contribution < -0.4 is 10.6 Å². The Bertz CT molecular complexity index is 839. The van der Waals surface area contributed by atoms with Gasteiger partial charge in [-0.3, -0.25) is 14.8 Å². The van der Waals surface area contributed by atoms with Crippen LogP contribution in [0.15, 0.2) is 55.0 Å². The lowest BCUT2D eigenvalue weighted by atomic mass is 10.2. The molecule has 0 saturated heterocycles. The predicted octanol–water partition coefficient (Wildman–Crippen LogP) is 1.95. The molecule has 3 aromatic rings. The van der Waals surface area contributed by atoms with Crippen molar-refractivity contribution in [2.45, 2.75) is 6.42 Å². The van der Waals surface area contributed by atoms with E-state index in [1.807, 2.05) is 24.3 Å². The molecular weight excluding hydrogens is 316 g/mol. The maximum Gasteiger partial charge on any atom is 0.252 e. The van der Waals surface area contributed by atoms with Crippen LogP contribution in [0.4, 0.5) is 5.82 Å². The van der Waals surface area contributed by atoms with Crippen molar-refractivity contribution in [3.63, 3.8) is 0 Å². The summed E-state index contributed by atoms with van der Waals surface area (Å²) in [5.74, 6) is 1.12. The van der Waals surface area contributed by atoms with Crippen molar-refractivity contribution in [3.8, 4) is 11.5 Å². The molecule has 0 aliphatic heterocycles. The average Bonchev–Trinajstić information content (AvgIpc) is 2.69. The second kappa shape index (κ2) is 7.96. The molecule has 7 heteroatoms. The summed E-state index contributed by atoms with van der Waals surface area (Å²) in [6.45, 7) is 0.468. The molecule has 0 aliphatic rings. The van der Waals surface area contributed by atoms with Gasteiger partial charge in [0.1, 0.15) is 11.5 Å². The van der Waals surface area contributed by atoms with Crippen LogP contribution in [-0.4, -0.2) is 39.4 Å². The Morgan fingerprint density at radius 1 is 1.12 bits per heavy atom. The van der Waals surface area contributed by atoms with Crippen LogP contribution in [0.5, 0.6) is 0 Å². The Kier molecular flexibility index (Phi) is 5.26. The third-order valence-electron chi connectivity index (χ3n) is 3.52. The van der Waals surface area contributed by atoms with Gasteiger partial charge in [0.25, 0.3) is 5.91 Å². The van der Waals surface area contributed by atoms with E-state index in [2.05, 4.69) is 30.6 Å². The zero-order chi connectivity index (χ0) is 17.5. The van der Waals surface area contributed by atoms with E-state index in [4.69, 9.17) is 0 Å². The van der Waals surface area contributed by atoms with Crippen molar-refractivity contribution >= 4 is 11.7 Å². The normalized spacial score (nSPS) is 10.3. The van der Waals surface area contributed by atoms with Crippen LogP contribution in [0.25, 0.3) is 11.5 Å². The van der Waals surface area contributed by atoms with Crippen LogP contribution in [0.2, 0.25) is 0 Å². The molecule has 0 bridgehead atoms. The molecule has 25 heavy (non-hydrogen) atoms. The first-order valence-corrected chi connectivity index (χ1v) is 7.91. The smallest absolute Gasteiger partial charge is 0.252 e. The lowest BCUT2D eigenvalue weighted by Gasteiger charge is -2.08. The van der Waals surface area contributed by atoms with Gasteiger partial charge in [0.05, 0.1) is 5.56 Å². The van der Waals surface area contributed by atoms with Crippen molar-refractivity contribution in [1.29, 1.82) is 0 Å². The molecule has 0 radical (unpaired) electrons. The van der Waals surface area contributed by atoms with Gasteiger partial charge in [0, 0.05) is 50.4 Å². The maximum absolute atomic E-state index is 12.0. The number of rotatable bonds is 6. The minimum absolute atomic E-state index is 0.152. The molecule has 3 aromatic heterocycles. The zero-order valence-corrected chi connectivity index (χ0v) is 13.8. The minimum atomic E-state index is -0.152. The van der Waals surface area contributed by atoms with Gasteiger partial charge in [-0.1, -0.05) is 6.07 Å². The number of hydrogen-bond donors (Lipinski definition) is 2. The van der Waals surface area contributed by atoms with Crippen LogP contribution in [-0.2, 0) is 6.42 Å². The number of amides is 1. The maximum atomic E-state index is 12.0. The number of nitrogens with zero attached hydrogens (tertiary/aromatic N) is 4. The highest BCUT2D eigenvalue weighted by atomic mass is 16.1. The molecular formula is C18H18N6O. The van der Waals surface area contributed by atoms with E-state index < -0.39 is 0 Å². The topological polar surface area (TPSA) is 92.7 Å². The number of aromatic nitrogens is 4. The summed E-state index contributed by atoms with van der Waals surface area (Å²) < 4.78 is 0. The zero-order valence-electron chi connectivity index (χ0n) is 13.8. The SMILES string of the molecule is CNc1cc(CCNC(=O)c2cccnc2)nc(-c2ccccn2)n1. The fourth-order valence-corrected chi connectivity index (χ4v) is 2.27. The van der Waals surface area contributed by atoms with E-state index >= 15 is 0 Å². The molecule has 0 aromatic carbocycles. The third kappa shape index (κ3) is 4.35. The fourth-order valence-electron chi connectivity index (χ4n) is 2.27. The molecule has 3 heterocycles. The number of anilines is 1. The second-order valence-corrected chi connectivity index (χ2v) is 5.28. The summed E-state index contributed by atoms with van der Waals surface area (Å²) in [7, 11) is 1.80. The van der Waals surface area contributed by atoms with Gasteiger partial charge in [0.15, 0.2) is 5.82 Å². The van der Waals surface area contributed by atoms with E-state index in [1.54, 1.807) is 31.6 Å². The molecule has 1 amide bonds. The van der Waals surface area contributed by atoms with Gasteiger partial charge in [-0.15, -0.1) is 0 Å². The first-order chi connectivity index (χ1) is 12.3. The van der Waals surface area contributed by atoms with Gasteiger partial charge in [0.2, 0.25) is 0 Å². The number of nitrogens with one attached hydrogen (secondary N) is 2. The van der Waals surface area contributed by atoms with Crippen molar-refractivity contribution in [1.82, 2.24) is 25.3 Å². The van der Waals surface area contributed by atoms with Crippen molar-refractivity contribution in [2.75, 3.05) is 18.9 Å². The molecule has 0 unspecified atom stereocenters. The number of hydrogen-bond acceptors (Lipinski definition) is 6. The molecule has 0 spiro atoms. The molecule has 7 nitrogen and oxygen atoms in total. The Morgan fingerprint density at radius 3 is 2.76 bits per heavy atom. The Hall–Kier alpha value is -3.35. The summed E-state index contributed by atoms with van der Waals surface area (Å²) >= 11 is 0. The highest BCUT2D eigenvalue weighted by Gasteiger charge is 2.09. The highest BCUT2D eigenvalue weighted by Crippen LogP contribution is 2.15. The lowest BCUT2D eigenvalue weighted by molar-refractivity contribution is 0.0953. The lowest BCUT2D eigenvalue weighted by Crippen LogP contribution is -2.26. The number of carbonyl (C=O) groups is 1. The molecule has 2 N–H and O–H groups in total.